The smallest absolute Gasteiger partial charge is 0.138 e. The largest absolute Gasteiger partial charge is 0.319 e. The summed E-state index contributed by atoms with van der Waals surface area (Å²) in [6.07, 6.45) is 6.69. The average molecular weight is 250 g/mol. The Morgan fingerprint density at radius 2 is 2.22 bits per heavy atom. The molecule has 0 radical (unpaired) electrons. The van der Waals surface area contributed by atoms with Gasteiger partial charge >= 0.3 is 0 Å². The van der Waals surface area contributed by atoms with Gasteiger partial charge in [0.2, 0.25) is 0 Å². The Balaban J connectivity index is 2.07. The SMILES string of the molecule is CNCC1CCC(C)(C)CC1Cc1ncnn1C. The number of nitrogens with zero attached hydrogens (tertiary/aromatic N) is 3. The lowest BCUT2D eigenvalue weighted by atomic mass is 9.66. The maximum atomic E-state index is 4.38. The molecule has 18 heavy (non-hydrogen) atoms. The van der Waals surface area contributed by atoms with Crippen molar-refractivity contribution in [3.05, 3.63) is 12.2 Å². The van der Waals surface area contributed by atoms with Crippen molar-refractivity contribution in [1.82, 2.24) is 20.1 Å². The van der Waals surface area contributed by atoms with E-state index in [-0.39, 0.29) is 0 Å². The number of hydrogen-bond donors (Lipinski definition) is 1. The van der Waals surface area contributed by atoms with Crippen molar-refractivity contribution < 1.29 is 0 Å². The zero-order valence-corrected chi connectivity index (χ0v) is 12.1. The first-order valence-corrected chi connectivity index (χ1v) is 6.99. The fourth-order valence-corrected chi connectivity index (χ4v) is 3.30. The average Bonchev–Trinajstić information content (AvgIpc) is 2.68. The van der Waals surface area contributed by atoms with Crippen LogP contribution in [0.3, 0.4) is 0 Å². The van der Waals surface area contributed by atoms with E-state index < -0.39 is 0 Å². The molecule has 2 rings (SSSR count). The Hall–Kier alpha value is -0.900. The summed E-state index contributed by atoms with van der Waals surface area (Å²) in [5, 5.41) is 7.53. The molecule has 1 aromatic rings. The summed E-state index contributed by atoms with van der Waals surface area (Å²) in [5.41, 5.74) is 0.480. The second-order valence-corrected chi connectivity index (χ2v) is 6.49. The Labute approximate surface area is 110 Å². The van der Waals surface area contributed by atoms with Crippen LogP contribution >= 0.6 is 0 Å². The molecule has 1 aliphatic carbocycles. The number of aromatic nitrogens is 3. The molecular formula is C14H26N4. The summed E-state index contributed by atoms with van der Waals surface area (Å²) in [5.74, 6) is 2.63. The lowest BCUT2D eigenvalue weighted by Gasteiger charge is -2.40. The van der Waals surface area contributed by atoms with Crippen LogP contribution in [0.5, 0.6) is 0 Å². The highest BCUT2D eigenvalue weighted by Gasteiger charge is 2.35. The molecule has 0 aliphatic heterocycles. The van der Waals surface area contributed by atoms with Gasteiger partial charge in [-0.15, -0.1) is 0 Å². The van der Waals surface area contributed by atoms with Crippen molar-refractivity contribution in [3.63, 3.8) is 0 Å². The molecule has 4 nitrogen and oxygen atoms in total. The van der Waals surface area contributed by atoms with Crippen LogP contribution in [0.25, 0.3) is 0 Å². The molecule has 102 valence electrons. The number of rotatable bonds is 4. The molecule has 0 aromatic carbocycles. The van der Waals surface area contributed by atoms with Gasteiger partial charge in [-0.3, -0.25) is 4.68 Å². The Morgan fingerprint density at radius 1 is 1.44 bits per heavy atom. The van der Waals surface area contributed by atoms with Crippen molar-refractivity contribution in [2.45, 2.75) is 39.5 Å². The van der Waals surface area contributed by atoms with Gasteiger partial charge in [-0.2, -0.15) is 5.10 Å². The molecule has 2 unspecified atom stereocenters. The highest BCUT2D eigenvalue weighted by atomic mass is 15.3. The van der Waals surface area contributed by atoms with Gasteiger partial charge in [0.15, 0.2) is 0 Å². The number of hydrogen-bond acceptors (Lipinski definition) is 3. The molecule has 1 saturated carbocycles. The summed E-state index contributed by atoms with van der Waals surface area (Å²) >= 11 is 0. The van der Waals surface area contributed by atoms with Crippen molar-refractivity contribution in [3.8, 4) is 0 Å². The molecule has 1 aliphatic rings. The van der Waals surface area contributed by atoms with E-state index in [2.05, 4.69) is 36.3 Å². The van der Waals surface area contributed by atoms with Crippen molar-refractivity contribution >= 4 is 0 Å². The maximum absolute atomic E-state index is 4.38. The van der Waals surface area contributed by atoms with Gasteiger partial charge in [-0.1, -0.05) is 13.8 Å². The molecule has 1 N–H and O–H groups in total. The van der Waals surface area contributed by atoms with Gasteiger partial charge in [0, 0.05) is 13.5 Å². The van der Waals surface area contributed by atoms with Crippen LogP contribution in [0, 0.1) is 17.3 Å². The van der Waals surface area contributed by atoms with Crippen LogP contribution in [0.2, 0.25) is 0 Å². The van der Waals surface area contributed by atoms with Crippen LogP contribution in [0.1, 0.15) is 38.9 Å². The lowest BCUT2D eigenvalue weighted by molar-refractivity contribution is 0.115. The van der Waals surface area contributed by atoms with E-state index in [1.165, 1.54) is 19.3 Å². The van der Waals surface area contributed by atoms with Gasteiger partial charge in [-0.25, -0.2) is 4.98 Å². The third-order valence-electron chi connectivity index (χ3n) is 4.39. The summed E-state index contributed by atoms with van der Waals surface area (Å²) in [7, 11) is 4.04. The molecule has 1 heterocycles. The van der Waals surface area contributed by atoms with Crippen molar-refractivity contribution in [1.29, 1.82) is 0 Å². The Kier molecular flexibility index (Phi) is 4.05. The van der Waals surface area contributed by atoms with Crippen LogP contribution in [-0.4, -0.2) is 28.4 Å². The summed E-state index contributed by atoms with van der Waals surface area (Å²) in [6, 6.07) is 0. The van der Waals surface area contributed by atoms with Crippen molar-refractivity contribution in [2.75, 3.05) is 13.6 Å². The van der Waals surface area contributed by atoms with E-state index in [0.717, 1.165) is 30.6 Å². The molecule has 4 heteroatoms. The monoisotopic (exact) mass is 250 g/mol. The second kappa shape index (κ2) is 5.39. The molecular weight excluding hydrogens is 224 g/mol. The molecule has 0 saturated heterocycles. The van der Waals surface area contributed by atoms with E-state index in [0.29, 0.717) is 5.41 Å². The van der Waals surface area contributed by atoms with Gasteiger partial charge in [0.05, 0.1) is 0 Å². The molecule has 0 bridgehead atoms. The first-order valence-electron chi connectivity index (χ1n) is 6.99. The van der Waals surface area contributed by atoms with Crippen LogP contribution in [0.4, 0.5) is 0 Å². The number of nitrogens with one attached hydrogen (secondary N) is 1. The van der Waals surface area contributed by atoms with E-state index in [1.54, 1.807) is 6.33 Å². The van der Waals surface area contributed by atoms with Crippen molar-refractivity contribution in [2.24, 2.45) is 24.3 Å². The molecule has 0 spiro atoms. The quantitative estimate of drug-likeness (QED) is 0.889. The highest BCUT2D eigenvalue weighted by Crippen LogP contribution is 2.42. The standard InChI is InChI=1S/C14H26N4/c1-14(2)6-5-11(9-15-3)12(8-14)7-13-16-10-17-18(13)4/h10-12,15H,5-9H2,1-4H3. The highest BCUT2D eigenvalue weighted by molar-refractivity contribution is 4.93. The zero-order valence-electron chi connectivity index (χ0n) is 12.1. The number of aryl methyl sites for hydroxylation is 1. The fourth-order valence-electron chi connectivity index (χ4n) is 3.30. The zero-order chi connectivity index (χ0) is 13.2. The molecule has 0 amide bonds. The van der Waals surface area contributed by atoms with Gasteiger partial charge < -0.3 is 5.32 Å². The molecule has 1 aromatic heterocycles. The third kappa shape index (κ3) is 3.10. The normalized spacial score (nSPS) is 27.3. The summed E-state index contributed by atoms with van der Waals surface area (Å²) < 4.78 is 1.91. The predicted octanol–water partition coefficient (Wildman–Crippen LogP) is 2.02. The minimum absolute atomic E-state index is 0.480. The second-order valence-electron chi connectivity index (χ2n) is 6.49. The topological polar surface area (TPSA) is 42.7 Å². The van der Waals surface area contributed by atoms with E-state index >= 15 is 0 Å². The molecule has 2 atom stereocenters. The maximum Gasteiger partial charge on any atom is 0.138 e. The minimum Gasteiger partial charge on any atom is -0.319 e. The first-order chi connectivity index (χ1) is 8.52. The molecule has 1 fully saturated rings. The fraction of sp³-hybridized carbons (Fsp3) is 0.857. The van der Waals surface area contributed by atoms with Gasteiger partial charge in [-0.05, 0) is 50.1 Å². The van der Waals surface area contributed by atoms with Crippen LogP contribution in [0.15, 0.2) is 6.33 Å². The van der Waals surface area contributed by atoms with E-state index in [4.69, 9.17) is 0 Å². The first kappa shape index (κ1) is 13.5. The van der Waals surface area contributed by atoms with Crippen LogP contribution < -0.4 is 5.32 Å². The third-order valence-corrected chi connectivity index (χ3v) is 4.39. The minimum atomic E-state index is 0.480. The van der Waals surface area contributed by atoms with Gasteiger partial charge in [0.1, 0.15) is 12.2 Å². The summed E-state index contributed by atoms with van der Waals surface area (Å²) in [4.78, 5) is 4.38. The summed E-state index contributed by atoms with van der Waals surface area (Å²) in [6.45, 7) is 5.91. The lowest BCUT2D eigenvalue weighted by Crippen LogP contribution is -2.36. The predicted molar refractivity (Wildman–Crippen MR) is 73.2 cm³/mol. The van der Waals surface area contributed by atoms with E-state index in [9.17, 15) is 0 Å². The Bertz CT molecular complexity index is 383. The van der Waals surface area contributed by atoms with Gasteiger partial charge in [0.25, 0.3) is 0 Å². The van der Waals surface area contributed by atoms with E-state index in [1.807, 2.05) is 11.7 Å². The van der Waals surface area contributed by atoms with Crippen LogP contribution in [-0.2, 0) is 13.5 Å². The Morgan fingerprint density at radius 3 is 2.83 bits per heavy atom.